The highest BCUT2D eigenvalue weighted by Gasteiger charge is 2.48. The summed E-state index contributed by atoms with van der Waals surface area (Å²) in [5.41, 5.74) is 10.5. The van der Waals surface area contributed by atoms with Gasteiger partial charge >= 0.3 is 0 Å². The molecule has 4 aliphatic rings. The molecule has 22 nitrogen and oxygen atoms in total. The fourth-order valence-corrected chi connectivity index (χ4v) is 13.1. The van der Waals surface area contributed by atoms with Gasteiger partial charge in [0.25, 0.3) is 0 Å². The van der Waals surface area contributed by atoms with Crippen LogP contribution in [0.15, 0.2) is 159 Å². The number of aromatic hydroxyl groups is 3. The topological polar surface area (TPSA) is 274 Å². The van der Waals surface area contributed by atoms with E-state index in [-0.39, 0.29) is 28.1 Å². The quantitative estimate of drug-likeness (QED) is 0.0626. The summed E-state index contributed by atoms with van der Waals surface area (Å²) in [5.74, 6) is 4.14. The number of aromatic nitrogens is 13. The van der Waals surface area contributed by atoms with Crippen LogP contribution in [0.5, 0.6) is 17.2 Å². The molecule has 13 heterocycles. The van der Waals surface area contributed by atoms with E-state index in [1.807, 2.05) is 97.2 Å². The van der Waals surface area contributed by atoms with Crippen molar-refractivity contribution in [2.75, 3.05) is 77.8 Å². The van der Waals surface area contributed by atoms with Gasteiger partial charge in [-0.3, -0.25) is 15.1 Å². The molecule has 22 heteroatoms. The highest BCUT2D eigenvalue weighted by molar-refractivity contribution is 5.82. The molecule has 11 aromatic rings. The minimum absolute atomic E-state index is 0.0652. The number of benzene rings is 2. The van der Waals surface area contributed by atoms with Crippen LogP contribution in [0, 0.1) is 22.7 Å². The molecule has 93 heavy (non-hydrogen) atoms. The number of pyridine rings is 5. The zero-order chi connectivity index (χ0) is 63.9. The highest BCUT2D eigenvalue weighted by Crippen LogP contribution is 2.46. The monoisotopic (exact) mass is 1240 g/mol. The van der Waals surface area contributed by atoms with Gasteiger partial charge in [0, 0.05) is 117 Å². The van der Waals surface area contributed by atoms with E-state index in [2.05, 4.69) is 125 Å². The van der Waals surface area contributed by atoms with Crippen molar-refractivity contribution in [1.82, 2.24) is 65.7 Å². The third kappa shape index (κ3) is 14.5. The zero-order valence-electron chi connectivity index (χ0n) is 52.7. The maximum atomic E-state index is 10.6. The zero-order valence-corrected chi connectivity index (χ0v) is 52.7. The Morgan fingerprint density at radius 2 is 1.13 bits per heavy atom. The number of fused-ring (bicyclic) bond motifs is 2. The van der Waals surface area contributed by atoms with Crippen molar-refractivity contribution in [3.8, 4) is 62.5 Å². The van der Waals surface area contributed by atoms with Crippen molar-refractivity contribution >= 4 is 50.6 Å². The van der Waals surface area contributed by atoms with Gasteiger partial charge in [0.15, 0.2) is 17.5 Å². The minimum Gasteiger partial charge on any atom is -0.506 e. The van der Waals surface area contributed by atoms with Gasteiger partial charge in [0.05, 0.1) is 54.2 Å². The molecular formula is C71H76N18O4. The van der Waals surface area contributed by atoms with E-state index in [9.17, 15) is 15.3 Å². The number of ether oxygens (including phenoxy) is 1. The van der Waals surface area contributed by atoms with E-state index in [0.29, 0.717) is 59.1 Å². The van der Waals surface area contributed by atoms with E-state index in [4.69, 9.17) is 4.74 Å². The summed E-state index contributed by atoms with van der Waals surface area (Å²) in [5, 5.41) is 73.3. The maximum Gasteiger partial charge on any atom is 0.151 e. The number of rotatable bonds is 13. The van der Waals surface area contributed by atoms with Crippen LogP contribution in [0.4, 0.5) is 28.8 Å². The predicted octanol–water partition coefficient (Wildman–Crippen LogP) is 12.2. The summed E-state index contributed by atoms with van der Waals surface area (Å²) >= 11 is 0. The molecule has 15 rings (SSSR count). The Hall–Kier alpha value is -10.5. The molecule has 0 radical (unpaired) electrons. The van der Waals surface area contributed by atoms with Gasteiger partial charge in [0.1, 0.15) is 51.4 Å². The van der Waals surface area contributed by atoms with Crippen LogP contribution in [0.2, 0.25) is 0 Å². The lowest BCUT2D eigenvalue weighted by Gasteiger charge is -2.54. The Kier molecular flexibility index (Phi) is 17.9. The first-order valence-corrected chi connectivity index (χ1v) is 31.8. The van der Waals surface area contributed by atoms with E-state index >= 15 is 0 Å². The van der Waals surface area contributed by atoms with Crippen molar-refractivity contribution < 1.29 is 20.1 Å². The molecule has 0 amide bonds. The normalized spacial score (nSPS) is 17.4. The second kappa shape index (κ2) is 27.2. The molecule has 4 fully saturated rings. The second-order valence-electron chi connectivity index (χ2n) is 25.9. The smallest absolute Gasteiger partial charge is 0.151 e. The van der Waals surface area contributed by atoms with Crippen LogP contribution in [-0.4, -0.2) is 134 Å². The number of hydrogen-bond acceptors (Lipinski definition) is 21. The summed E-state index contributed by atoms with van der Waals surface area (Å²) in [4.78, 5) is 29.1. The Morgan fingerprint density at radius 3 is 1.69 bits per heavy atom. The maximum absolute atomic E-state index is 10.6. The molecule has 4 aliphatic heterocycles. The van der Waals surface area contributed by atoms with Crippen molar-refractivity contribution in [2.24, 2.45) is 22.7 Å². The number of anilines is 5. The molecule has 1 spiro atoms. The Morgan fingerprint density at radius 1 is 0.548 bits per heavy atom. The van der Waals surface area contributed by atoms with Crippen molar-refractivity contribution in [3.63, 3.8) is 0 Å². The first kappa shape index (κ1) is 61.4. The van der Waals surface area contributed by atoms with Gasteiger partial charge in [0.2, 0.25) is 0 Å². The van der Waals surface area contributed by atoms with Crippen LogP contribution in [0.3, 0.4) is 0 Å². The third-order valence-corrected chi connectivity index (χ3v) is 17.6. The van der Waals surface area contributed by atoms with E-state index < -0.39 is 0 Å². The second-order valence-corrected chi connectivity index (χ2v) is 25.9. The Bertz CT molecular complexity index is 4330. The number of hydrogen-bond donors (Lipinski definition) is 6. The Balaban J connectivity index is 0.000000127. The van der Waals surface area contributed by atoms with Crippen LogP contribution < -0.4 is 25.3 Å². The van der Waals surface area contributed by atoms with Crippen LogP contribution in [0.1, 0.15) is 70.9 Å². The lowest BCUT2D eigenvalue weighted by Crippen LogP contribution is -2.59. The number of aromatic amines is 1. The highest BCUT2D eigenvalue weighted by atomic mass is 16.5. The third-order valence-electron chi connectivity index (χ3n) is 17.6. The van der Waals surface area contributed by atoms with E-state index in [1.165, 1.54) is 32.1 Å². The van der Waals surface area contributed by atoms with Gasteiger partial charge in [-0.25, -0.2) is 15.0 Å². The van der Waals surface area contributed by atoms with Crippen LogP contribution >= 0.6 is 0 Å². The van der Waals surface area contributed by atoms with Crippen LogP contribution in [0.25, 0.3) is 67.1 Å². The average molecular weight is 1250 g/mol. The molecule has 474 valence electrons. The molecular weight excluding hydrogens is 1170 g/mol. The van der Waals surface area contributed by atoms with Gasteiger partial charge in [-0.1, -0.05) is 70.2 Å². The first-order chi connectivity index (χ1) is 45.3. The molecule has 0 bridgehead atoms. The molecule has 6 N–H and O–H groups in total. The van der Waals surface area contributed by atoms with Crippen LogP contribution in [-0.2, 0) is 17.8 Å². The van der Waals surface area contributed by atoms with E-state index in [1.54, 1.807) is 55.4 Å². The molecule has 0 aliphatic carbocycles. The fourth-order valence-electron chi connectivity index (χ4n) is 13.1. The average Bonchev–Trinajstić information content (AvgIpc) is 1.28. The number of nitrogens with one attached hydrogen (secondary N) is 3. The molecule has 9 aromatic heterocycles. The van der Waals surface area contributed by atoms with E-state index in [0.717, 1.165) is 125 Å². The van der Waals surface area contributed by atoms with Gasteiger partial charge in [-0.15, -0.1) is 30.6 Å². The molecule has 0 saturated carbocycles. The Labute approximate surface area is 539 Å². The largest absolute Gasteiger partial charge is 0.506 e. The minimum atomic E-state index is 0.0652. The lowest BCUT2D eigenvalue weighted by molar-refractivity contribution is -0.135. The van der Waals surface area contributed by atoms with Crippen molar-refractivity contribution in [1.29, 1.82) is 0 Å². The van der Waals surface area contributed by atoms with Crippen molar-refractivity contribution in [3.05, 3.63) is 170 Å². The number of nitrogens with zero attached hydrogens (tertiary/aromatic N) is 15. The molecule has 2 unspecified atom stereocenters. The van der Waals surface area contributed by atoms with Gasteiger partial charge in [-0.2, -0.15) is 5.10 Å². The first-order valence-electron chi connectivity index (χ1n) is 31.8. The fraction of sp³-hybridized carbons (Fsp3) is 0.324. The summed E-state index contributed by atoms with van der Waals surface area (Å²) in [7, 11) is 0. The summed E-state index contributed by atoms with van der Waals surface area (Å²) in [6, 6.07) is 36.7. The summed E-state index contributed by atoms with van der Waals surface area (Å²) < 4.78 is 5.51. The number of piperidine rings is 3. The molecule has 2 aromatic carbocycles. The number of para-hydroxylation sites is 2. The summed E-state index contributed by atoms with van der Waals surface area (Å²) in [6.45, 7) is 17.8. The summed E-state index contributed by atoms with van der Waals surface area (Å²) in [6.07, 6.45) is 18.2. The predicted molar refractivity (Wildman–Crippen MR) is 362 cm³/mol. The molecule has 4 saturated heterocycles. The molecule has 2 atom stereocenters. The SMILES string of the molecule is CC1(C)CN(c2ccc(-c3ncc(-c4cn[nH]c4)cc3O)nn2)CC2(COC2)C1.CC1CCCN(c2ccc(-c3ncc(NCc4cccc5cccnc45)cc3O)nn2)C1.CC1CCCN(c2ccc(-c3ncc(NCc4cnc5ccccc5c4)cc3O)nn2)C1. The van der Waals surface area contributed by atoms with Gasteiger partial charge in [-0.05, 0) is 121 Å². The standard InChI is InChI=1S/2C25H26N6O.C21H24N6O2/c1-17-5-4-12-31(16-17)23-10-9-21(29-30-23)25-22(32)13-20(15-28-25)27-14-19-7-2-6-18-8-3-11-26-24(18)19;1-17-5-4-10-31(16-17)24-9-8-22(29-30-24)25-23(32)12-20(15-28-25)26-13-18-11-19-6-2-3-7-21(19)27-14-18;1-20(2)9-21(12-29-13-21)11-27(10-20)18-4-3-16(25-26-18)19-17(28)5-14(6-22-19)15-7-23-24-8-15/h2-3,6-11,13,15,17,27,32H,4-5,12,14,16H2,1H3;2-3,6-9,11-12,14-15,17,26,32H,4-5,10,13,16H2,1H3;3-8,28H,9-13H2,1-2H3,(H,23,24). The number of H-pyrrole nitrogens is 1. The lowest BCUT2D eigenvalue weighted by atomic mass is 9.68. The van der Waals surface area contributed by atoms with Crippen molar-refractivity contribution in [2.45, 2.75) is 72.9 Å². The van der Waals surface area contributed by atoms with Gasteiger partial charge < -0.3 is 45.4 Å².